The number of hydrogen-bond acceptors (Lipinski definition) is 1. The van der Waals surface area contributed by atoms with Gasteiger partial charge in [-0.1, -0.05) is 32.0 Å². The monoisotopic (exact) mass is 217 g/mol. The summed E-state index contributed by atoms with van der Waals surface area (Å²) in [4.78, 5) is 0. The second kappa shape index (κ2) is 5.49. The summed E-state index contributed by atoms with van der Waals surface area (Å²) in [5.41, 5.74) is 4.71. The van der Waals surface area contributed by atoms with E-state index in [0.717, 1.165) is 6.54 Å². The minimum absolute atomic E-state index is 0.611. The van der Waals surface area contributed by atoms with Gasteiger partial charge in [0.2, 0.25) is 0 Å². The van der Waals surface area contributed by atoms with Crippen LogP contribution in [0.25, 0.3) is 0 Å². The van der Waals surface area contributed by atoms with Crippen molar-refractivity contribution in [3.63, 3.8) is 0 Å². The van der Waals surface area contributed by atoms with Crippen molar-refractivity contribution in [3.05, 3.63) is 34.9 Å². The first-order valence-electron chi connectivity index (χ1n) is 6.60. The van der Waals surface area contributed by atoms with Crippen molar-refractivity contribution in [3.8, 4) is 0 Å². The van der Waals surface area contributed by atoms with Gasteiger partial charge in [0, 0.05) is 6.04 Å². The van der Waals surface area contributed by atoms with Crippen molar-refractivity contribution in [1.29, 1.82) is 0 Å². The third kappa shape index (κ3) is 3.08. The van der Waals surface area contributed by atoms with Gasteiger partial charge in [0.1, 0.15) is 0 Å². The first-order chi connectivity index (χ1) is 7.75. The highest BCUT2D eigenvalue weighted by Gasteiger charge is 2.10. The average molecular weight is 217 g/mol. The Labute approximate surface area is 99.3 Å². The van der Waals surface area contributed by atoms with Crippen LogP contribution in [0.15, 0.2) is 18.2 Å². The summed E-state index contributed by atoms with van der Waals surface area (Å²) in [6.07, 6.45) is 6.41. The van der Waals surface area contributed by atoms with E-state index in [1.54, 1.807) is 11.1 Å². The minimum atomic E-state index is 0.611. The first-order valence-corrected chi connectivity index (χ1v) is 6.60. The third-order valence-corrected chi connectivity index (χ3v) is 3.36. The van der Waals surface area contributed by atoms with Crippen molar-refractivity contribution in [2.45, 2.75) is 52.0 Å². The predicted molar refractivity (Wildman–Crippen MR) is 69.9 cm³/mol. The van der Waals surface area contributed by atoms with Crippen LogP contribution in [0.4, 0.5) is 0 Å². The van der Waals surface area contributed by atoms with Crippen LogP contribution in [0.1, 0.15) is 43.4 Å². The van der Waals surface area contributed by atoms with E-state index < -0.39 is 0 Å². The number of fused-ring (bicyclic) bond motifs is 1. The van der Waals surface area contributed by atoms with Crippen LogP contribution in [-0.4, -0.2) is 12.6 Å². The molecule has 0 bridgehead atoms. The van der Waals surface area contributed by atoms with Crippen LogP contribution >= 0.6 is 0 Å². The Bertz CT molecular complexity index is 341. The van der Waals surface area contributed by atoms with Gasteiger partial charge in [-0.05, 0) is 55.3 Å². The third-order valence-electron chi connectivity index (χ3n) is 3.36. The number of benzene rings is 1. The molecule has 0 amide bonds. The van der Waals surface area contributed by atoms with E-state index in [2.05, 4.69) is 37.4 Å². The van der Waals surface area contributed by atoms with E-state index in [1.165, 1.54) is 37.7 Å². The molecule has 1 heteroatoms. The summed E-state index contributed by atoms with van der Waals surface area (Å²) < 4.78 is 0. The van der Waals surface area contributed by atoms with E-state index >= 15 is 0 Å². The molecule has 0 saturated carbocycles. The highest BCUT2D eigenvalue weighted by atomic mass is 14.9. The maximum absolute atomic E-state index is 3.47. The number of hydrogen-bond donors (Lipinski definition) is 1. The molecule has 0 aliphatic heterocycles. The second-order valence-electron chi connectivity index (χ2n) is 5.17. The molecule has 0 unspecified atom stereocenters. The van der Waals surface area contributed by atoms with E-state index in [0.29, 0.717) is 6.04 Å². The lowest BCUT2D eigenvalue weighted by molar-refractivity contribution is 0.570. The lowest BCUT2D eigenvalue weighted by atomic mass is 10.0. The zero-order valence-electron chi connectivity index (χ0n) is 10.6. The van der Waals surface area contributed by atoms with Gasteiger partial charge in [-0.15, -0.1) is 0 Å². The molecule has 1 aromatic rings. The minimum Gasteiger partial charge on any atom is -0.315 e. The van der Waals surface area contributed by atoms with Crippen molar-refractivity contribution < 1.29 is 0 Å². The van der Waals surface area contributed by atoms with Gasteiger partial charge in [-0.3, -0.25) is 0 Å². The van der Waals surface area contributed by atoms with Crippen LogP contribution in [-0.2, 0) is 19.3 Å². The van der Waals surface area contributed by atoms with Crippen LogP contribution < -0.4 is 5.32 Å². The van der Waals surface area contributed by atoms with Crippen molar-refractivity contribution in [2.75, 3.05) is 6.54 Å². The molecule has 1 N–H and O–H groups in total. The molecule has 0 radical (unpaired) electrons. The van der Waals surface area contributed by atoms with Crippen LogP contribution in [0.2, 0.25) is 0 Å². The summed E-state index contributed by atoms with van der Waals surface area (Å²) in [6.45, 7) is 5.54. The summed E-state index contributed by atoms with van der Waals surface area (Å²) >= 11 is 0. The Kier molecular flexibility index (Phi) is 4.00. The van der Waals surface area contributed by atoms with Crippen LogP contribution in [0.3, 0.4) is 0 Å². The van der Waals surface area contributed by atoms with Crippen LogP contribution in [0, 0.1) is 0 Å². The fraction of sp³-hybridized carbons (Fsp3) is 0.600. The SMILES string of the molecule is CC(C)NCCCc1ccc2c(c1)CCC2. The average Bonchev–Trinajstić information content (AvgIpc) is 2.71. The van der Waals surface area contributed by atoms with Crippen molar-refractivity contribution >= 4 is 0 Å². The normalized spacial score (nSPS) is 14.4. The highest BCUT2D eigenvalue weighted by Crippen LogP contribution is 2.23. The smallest absolute Gasteiger partial charge is 0.00103 e. The Balaban J connectivity index is 1.81. The zero-order valence-corrected chi connectivity index (χ0v) is 10.6. The molecule has 0 fully saturated rings. The van der Waals surface area contributed by atoms with E-state index in [1.807, 2.05) is 0 Å². The van der Waals surface area contributed by atoms with Gasteiger partial charge in [0.25, 0.3) is 0 Å². The largest absolute Gasteiger partial charge is 0.315 e. The molecular weight excluding hydrogens is 194 g/mol. The second-order valence-corrected chi connectivity index (χ2v) is 5.17. The zero-order chi connectivity index (χ0) is 11.4. The fourth-order valence-corrected chi connectivity index (χ4v) is 2.46. The molecule has 0 aromatic heterocycles. The first kappa shape index (κ1) is 11.7. The maximum Gasteiger partial charge on any atom is 0.00103 e. The molecule has 0 spiro atoms. The van der Waals surface area contributed by atoms with E-state index in [9.17, 15) is 0 Å². The highest BCUT2D eigenvalue weighted by molar-refractivity contribution is 5.35. The molecule has 16 heavy (non-hydrogen) atoms. The number of aryl methyl sites for hydroxylation is 3. The quantitative estimate of drug-likeness (QED) is 0.747. The summed E-state index contributed by atoms with van der Waals surface area (Å²) in [7, 11) is 0. The van der Waals surface area contributed by atoms with Gasteiger partial charge in [-0.25, -0.2) is 0 Å². The fourth-order valence-electron chi connectivity index (χ4n) is 2.46. The standard InChI is InChI=1S/C15H23N/c1-12(2)16-10-4-5-13-8-9-14-6-3-7-15(14)11-13/h8-9,11-12,16H,3-7,10H2,1-2H3. The van der Waals surface area contributed by atoms with E-state index in [-0.39, 0.29) is 0 Å². The predicted octanol–water partition coefficient (Wildman–Crippen LogP) is 3.11. The van der Waals surface area contributed by atoms with Gasteiger partial charge in [-0.2, -0.15) is 0 Å². The molecule has 1 aliphatic rings. The Morgan fingerprint density at radius 3 is 2.81 bits per heavy atom. The Morgan fingerprint density at radius 2 is 2.00 bits per heavy atom. The Hall–Kier alpha value is -0.820. The molecule has 0 heterocycles. The van der Waals surface area contributed by atoms with Crippen molar-refractivity contribution in [2.24, 2.45) is 0 Å². The topological polar surface area (TPSA) is 12.0 Å². The number of nitrogens with one attached hydrogen (secondary N) is 1. The molecule has 88 valence electrons. The summed E-state index contributed by atoms with van der Waals surface area (Å²) in [6, 6.07) is 7.70. The molecular formula is C15H23N. The Morgan fingerprint density at radius 1 is 1.19 bits per heavy atom. The van der Waals surface area contributed by atoms with Gasteiger partial charge < -0.3 is 5.32 Å². The van der Waals surface area contributed by atoms with Crippen LogP contribution in [0.5, 0.6) is 0 Å². The van der Waals surface area contributed by atoms with Crippen molar-refractivity contribution in [1.82, 2.24) is 5.32 Å². The summed E-state index contributed by atoms with van der Waals surface area (Å²) in [5, 5.41) is 3.47. The summed E-state index contributed by atoms with van der Waals surface area (Å²) in [5.74, 6) is 0. The molecule has 0 saturated heterocycles. The molecule has 1 aromatic carbocycles. The van der Waals surface area contributed by atoms with Gasteiger partial charge in [0.05, 0.1) is 0 Å². The number of rotatable bonds is 5. The molecule has 1 aliphatic carbocycles. The van der Waals surface area contributed by atoms with Gasteiger partial charge in [0.15, 0.2) is 0 Å². The van der Waals surface area contributed by atoms with E-state index in [4.69, 9.17) is 0 Å². The molecule has 1 nitrogen and oxygen atoms in total. The lowest BCUT2D eigenvalue weighted by Gasteiger charge is -2.08. The maximum atomic E-state index is 3.47. The van der Waals surface area contributed by atoms with Gasteiger partial charge >= 0.3 is 0 Å². The molecule has 2 rings (SSSR count). The lowest BCUT2D eigenvalue weighted by Crippen LogP contribution is -2.23. The molecule has 0 atom stereocenters.